The van der Waals surface area contributed by atoms with Crippen LogP contribution in [0.15, 0.2) is 18.6 Å². The van der Waals surface area contributed by atoms with Crippen LogP contribution in [0, 0.1) is 0 Å². The molecule has 0 atom stereocenters. The zero-order valence-electron chi connectivity index (χ0n) is 10.3. The van der Waals surface area contributed by atoms with Gasteiger partial charge >= 0.3 is 0 Å². The van der Waals surface area contributed by atoms with Crippen LogP contribution in [-0.4, -0.2) is 52.0 Å². The second-order valence-corrected chi connectivity index (χ2v) is 4.49. The SMILES string of the molecule is Cn1ccc2c(N3CCN(C=O)CC3)ncnc21. The summed E-state index contributed by atoms with van der Waals surface area (Å²) < 4.78 is 1.99. The first-order valence-electron chi connectivity index (χ1n) is 6.00. The first-order valence-corrected chi connectivity index (χ1v) is 6.00. The van der Waals surface area contributed by atoms with Crippen LogP contribution in [0.2, 0.25) is 0 Å². The highest BCUT2D eigenvalue weighted by atomic mass is 16.1. The van der Waals surface area contributed by atoms with Gasteiger partial charge in [-0.2, -0.15) is 0 Å². The third-order valence-corrected chi connectivity index (χ3v) is 3.40. The minimum absolute atomic E-state index is 0.752. The van der Waals surface area contributed by atoms with Gasteiger partial charge < -0.3 is 14.4 Å². The van der Waals surface area contributed by atoms with Crippen LogP contribution in [0.4, 0.5) is 5.82 Å². The van der Waals surface area contributed by atoms with Crippen molar-refractivity contribution in [2.24, 2.45) is 7.05 Å². The van der Waals surface area contributed by atoms with Crippen molar-refractivity contribution in [3.8, 4) is 0 Å². The van der Waals surface area contributed by atoms with E-state index in [1.807, 2.05) is 23.9 Å². The molecule has 2 aromatic heterocycles. The summed E-state index contributed by atoms with van der Waals surface area (Å²) in [5.74, 6) is 0.964. The molecular weight excluding hydrogens is 230 g/mol. The fourth-order valence-electron chi connectivity index (χ4n) is 2.36. The minimum Gasteiger partial charge on any atom is -0.352 e. The molecule has 0 saturated carbocycles. The number of carbonyl (C=O) groups excluding carboxylic acids is 1. The summed E-state index contributed by atoms with van der Waals surface area (Å²) in [5.41, 5.74) is 0.942. The van der Waals surface area contributed by atoms with Crippen LogP contribution in [0.3, 0.4) is 0 Å². The smallest absolute Gasteiger partial charge is 0.209 e. The number of anilines is 1. The molecular formula is C12H15N5O. The Labute approximate surface area is 105 Å². The number of fused-ring (bicyclic) bond motifs is 1. The minimum atomic E-state index is 0.752. The second kappa shape index (κ2) is 4.29. The third kappa shape index (κ3) is 1.70. The van der Waals surface area contributed by atoms with Crippen molar-refractivity contribution in [2.45, 2.75) is 0 Å². The monoisotopic (exact) mass is 245 g/mol. The summed E-state index contributed by atoms with van der Waals surface area (Å²) in [6.07, 6.45) is 4.50. The molecule has 1 fully saturated rings. The molecule has 0 spiro atoms. The van der Waals surface area contributed by atoms with Crippen LogP contribution >= 0.6 is 0 Å². The lowest BCUT2D eigenvalue weighted by Gasteiger charge is -2.33. The predicted octanol–water partition coefficient (Wildman–Crippen LogP) is 0.247. The Hall–Kier alpha value is -2.11. The van der Waals surface area contributed by atoms with Gasteiger partial charge in [0.15, 0.2) is 0 Å². The molecule has 18 heavy (non-hydrogen) atoms. The number of rotatable bonds is 2. The van der Waals surface area contributed by atoms with E-state index in [0.29, 0.717) is 0 Å². The van der Waals surface area contributed by atoms with Crippen molar-refractivity contribution >= 4 is 23.3 Å². The number of carbonyl (C=O) groups is 1. The highest BCUT2D eigenvalue weighted by molar-refractivity contribution is 5.87. The number of aryl methyl sites for hydroxylation is 1. The van der Waals surface area contributed by atoms with Gasteiger partial charge in [-0.15, -0.1) is 0 Å². The first kappa shape index (κ1) is 11.0. The molecule has 0 aliphatic carbocycles. The maximum Gasteiger partial charge on any atom is 0.209 e. The van der Waals surface area contributed by atoms with E-state index in [1.54, 1.807) is 11.2 Å². The molecule has 0 aromatic carbocycles. The maximum atomic E-state index is 10.7. The number of aromatic nitrogens is 3. The Balaban J connectivity index is 1.93. The van der Waals surface area contributed by atoms with Crippen molar-refractivity contribution in [1.82, 2.24) is 19.4 Å². The van der Waals surface area contributed by atoms with Gasteiger partial charge in [0, 0.05) is 39.4 Å². The zero-order valence-corrected chi connectivity index (χ0v) is 10.3. The van der Waals surface area contributed by atoms with Crippen molar-refractivity contribution < 1.29 is 4.79 Å². The summed E-state index contributed by atoms with van der Waals surface area (Å²) in [4.78, 5) is 23.4. The van der Waals surface area contributed by atoms with Gasteiger partial charge in [0.2, 0.25) is 6.41 Å². The molecule has 1 aliphatic rings. The number of hydrogen-bond acceptors (Lipinski definition) is 4. The van der Waals surface area contributed by atoms with Crippen molar-refractivity contribution in [3.63, 3.8) is 0 Å². The summed E-state index contributed by atoms with van der Waals surface area (Å²) in [6.45, 7) is 3.14. The molecule has 1 aliphatic heterocycles. The molecule has 3 rings (SSSR count). The predicted molar refractivity (Wildman–Crippen MR) is 68.4 cm³/mol. The normalized spacial score (nSPS) is 16.3. The van der Waals surface area contributed by atoms with Crippen LogP contribution in [0.25, 0.3) is 11.0 Å². The van der Waals surface area contributed by atoms with Gasteiger partial charge in [-0.25, -0.2) is 9.97 Å². The molecule has 94 valence electrons. The van der Waals surface area contributed by atoms with E-state index in [4.69, 9.17) is 0 Å². The Morgan fingerprint density at radius 2 is 2.00 bits per heavy atom. The number of nitrogens with zero attached hydrogens (tertiary/aromatic N) is 5. The molecule has 1 amide bonds. The average Bonchev–Trinajstić information content (AvgIpc) is 2.81. The van der Waals surface area contributed by atoms with E-state index < -0.39 is 0 Å². The van der Waals surface area contributed by atoms with E-state index in [0.717, 1.165) is 49.4 Å². The molecule has 6 nitrogen and oxygen atoms in total. The maximum absolute atomic E-state index is 10.7. The molecule has 1 saturated heterocycles. The van der Waals surface area contributed by atoms with Gasteiger partial charge in [0.1, 0.15) is 17.8 Å². The van der Waals surface area contributed by atoms with Crippen molar-refractivity contribution in [3.05, 3.63) is 18.6 Å². The Morgan fingerprint density at radius 1 is 1.22 bits per heavy atom. The summed E-state index contributed by atoms with van der Waals surface area (Å²) in [6, 6.07) is 2.04. The lowest BCUT2D eigenvalue weighted by atomic mass is 10.3. The van der Waals surface area contributed by atoms with Gasteiger partial charge in [-0.1, -0.05) is 0 Å². The Bertz CT molecular complexity index is 571. The van der Waals surface area contributed by atoms with E-state index in [2.05, 4.69) is 14.9 Å². The molecule has 6 heteroatoms. The number of hydrogen-bond donors (Lipinski definition) is 0. The van der Waals surface area contributed by atoms with E-state index in [-0.39, 0.29) is 0 Å². The molecule has 0 bridgehead atoms. The molecule has 0 unspecified atom stereocenters. The van der Waals surface area contributed by atoms with Crippen LogP contribution in [0.1, 0.15) is 0 Å². The molecule has 2 aromatic rings. The first-order chi connectivity index (χ1) is 8.79. The molecule has 0 radical (unpaired) electrons. The number of amides is 1. The van der Waals surface area contributed by atoms with Crippen LogP contribution in [-0.2, 0) is 11.8 Å². The molecule has 0 N–H and O–H groups in total. The lowest BCUT2D eigenvalue weighted by Crippen LogP contribution is -2.46. The largest absolute Gasteiger partial charge is 0.352 e. The second-order valence-electron chi connectivity index (χ2n) is 4.49. The fourth-order valence-corrected chi connectivity index (χ4v) is 2.36. The summed E-state index contributed by atoms with van der Waals surface area (Å²) in [5, 5.41) is 1.07. The van der Waals surface area contributed by atoms with Crippen LogP contribution in [0.5, 0.6) is 0 Å². The topological polar surface area (TPSA) is 54.3 Å². The van der Waals surface area contributed by atoms with Crippen LogP contribution < -0.4 is 4.90 Å². The third-order valence-electron chi connectivity index (χ3n) is 3.40. The highest BCUT2D eigenvalue weighted by Crippen LogP contribution is 2.23. The lowest BCUT2D eigenvalue weighted by molar-refractivity contribution is -0.118. The Morgan fingerprint density at radius 3 is 2.72 bits per heavy atom. The van der Waals surface area contributed by atoms with Crippen molar-refractivity contribution in [2.75, 3.05) is 31.1 Å². The summed E-state index contributed by atoms with van der Waals surface area (Å²) in [7, 11) is 1.98. The van der Waals surface area contributed by atoms with Gasteiger partial charge in [-0.3, -0.25) is 4.79 Å². The van der Waals surface area contributed by atoms with Crippen molar-refractivity contribution in [1.29, 1.82) is 0 Å². The standard InChI is InChI=1S/C12H15N5O/c1-15-3-2-10-11(15)13-8-14-12(10)17-6-4-16(9-18)5-7-17/h2-3,8-9H,4-7H2,1H3. The Kier molecular flexibility index (Phi) is 2.62. The van der Waals surface area contributed by atoms with E-state index >= 15 is 0 Å². The van der Waals surface area contributed by atoms with E-state index in [9.17, 15) is 4.79 Å². The molecule has 3 heterocycles. The van der Waals surface area contributed by atoms with Gasteiger partial charge in [-0.05, 0) is 6.07 Å². The summed E-state index contributed by atoms with van der Waals surface area (Å²) >= 11 is 0. The quantitative estimate of drug-likeness (QED) is 0.712. The van der Waals surface area contributed by atoms with Gasteiger partial charge in [0.25, 0.3) is 0 Å². The zero-order chi connectivity index (χ0) is 12.5. The highest BCUT2D eigenvalue weighted by Gasteiger charge is 2.19. The fraction of sp³-hybridized carbons (Fsp3) is 0.417. The van der Waals surface area contributed by atoms with E-state index in [1.165, 1.54) is 0 Å². The number of piperazine rings is 1. The average molecular weight is 245 g/mol. The van der Waals surface area contributed by atoms with Gasteiger partial charge in [0.05, 0.1) is 5.39 Å².